The Morgan fingerprint density at radius 2 is 1.63 bits per heavy atom. The highest BCUT2D eigenvalue weighted by molar-refractivity contribution is 7.92. The molecule has 3 aromatic carbocycles. The van der Waals surface area contributed by atoms with Crippen molar-refractivity contribution in [2.24, 2.45) is 0 Å². The SMILES string of the molecule is CNC(=O)c1c(-c2ccc(F)cc2)oc2cc(N(C)S(C)(=O)=O)c([C@H]3CCCC(C(=O)c4ccc(F)cc4)N3)cc12. The number of fused-ring (bicyclic) bond motifs is 1. The quantitative estimate of drug-likeness (QED) is 0.291. The van der Waals surface area contributed by atoms with Crippen molar-refractivity contribution in [3.05, 3.63) is 89.0 Å². The Balaban J connectivity index is 1.65. The summed E-state index contributed by atoms with van der Waals surface area (Å²) in [5.41, 5.74) is 2.23. The number of anilines is 1. The zero-order valence-electron chi connectivity index (χ0n) is 22.7. The highest BCUT2D eigenvalue weighted by Crippen LogP contribution is 2.41. The fourth-order valence-electron chi connectivity index (χ4n) is 5.24. The normalized spacial score (nSPS) is 17.4. The number of carbonyl (C=O) groups excluding carboxylic acids is 2. The molecule has 2 N–H and O–H groups in total. The number of piperidine rings is 1. The lowest BCUT2D eigenvalue weighted by molar-refractivity contribution is 0.0911. The van der Waals surface area contributed by atoms with Gasteiger partial charge in [-0.25, -0.2) is 17.2 Å². The van der Waals surface area contributed by atoms with E-state index in [0.717, 1.165) is 10.6 Å². The van der Waals surface area contributed by atoms with Gasteiger partial charge in [-0.1, -0.05) is 0 Å². The topological polar surface area (TPSA) is 109 Å². The molecule has 214 valence electrons. The van der Waals surface area contributed by atoms with E-state index in [-0.39, 0.29) is 22.7 Å². The van der Waals surface area contributed by atoms with Crippen molar-refractivity contribution in [1.29, 1.82) is 0 Å². The van der Waals surface area contributed by atoms with Crippen LogP contribution in [0.5, 0.6) is 0 Å². The van der Waals surface area contributed by atoms with Crippen LogP contribution in [0, 0.1) is 11.6 Å². The van der Waals surface area contributed by atoms with Crippen LogP contribution in [0.4, 0.5) is 14.5 Å². The van der Waals surface area contributed by atoms with Gasteiger partial charge in [0, 0.05) is 42.7 Å². The molecule has 0 saturated carbocycles. The van der Waals surface area contributed by atoms with E-state index in [1.807, 2.05) is 0 Å². The van der Waals surface area contributed by atoms with Crippen LogP contribution in [0.3, 0.4) is 0 Å². The van der Waals surface area contributed by atoms with Crippen molar-refractivity contribution < 1.29 is 31.2 Å². The van der Waals surface area contributed by atoms with E-state index in [0.29, 0.717) is 47.0 Å². The van der Waals surface area contributed by atoms with E-state index in [9.17, 15) is 26.8 Å². The number of hydrogen-bond acceptors (Lipinski definition) is 6. The van der Waals surface area contributed by atoms with Crippen LogP contribution in [0.1, 0.15) is 51.6 Å². The van der Waals surface area contributed by atoms with Gasteiger partial charge in [0.1, 0.15) is 23.0 Å². The minimum Gasteiger partial charge on any atom is -0.455 e. The maximum Gasteiger partial charge on any atom is 0.255 e. The molecule has 41 heavy (non-hydrogen) atoms. The zero-order chi connectivity index (χ0) is 29.5. The highest BCUT2D eigenvalue weighted by atomic mass is 32.2. The van der Waals surface area contributed by atoms with Gasteiger partial charge in [-0.3, -0.25) is 13.9 Å². The van der Waals surface area contributed by atoms with Crippen molar-refractivity contribution >= 4 is 38.4 Å². The smallest absolute Gasteiger partial charge is 0.255 e. The number of carbonyl (C=O) groups is 2. The molecule has 1 aliphatic heterocycles. The summed E-state index contributed by atoms with van der Waals surface area (Å²) in [6, 6.07) is 13.1. The molecule has 1 aromatic heterocycles. The molecule has 5 rings (SSSR count). The lowest BCUT2D eigenvalue weighted by Crippen LogP contribution is -2.43. The second kappa shape index (κ2) is 11.1. The molecule has 1 saturated heterocycles. The summed E-state index contributed by atoms with van der Waals surface area (Å²) in [4.78, 5) is 26.4. The molecule has 1 amide bonds. The Morgan fingerprint density at radius 3 is 2.24 bits per heavy atom. The summed E-state index contributed by atoms with van der Waals surface area (Å²) in [6.07, 6.45) is 2.90. The van der Waals surface area contributed by atoms with Gasteiger partial charge in [0.15, 0.2) is 5.78 Å². The van der Waals surface area contributed by atoms with Gasteiger partial charge in [0.05, 0.1) is 23.5 Å². The van der Waals surface area contributed by atoms with Crippen LogP contribution in [-0.4, -0.2) is 46.5 Å². The predicted molar refractivity (Wildman–Crippen MR) is 152 cm³/mol. The Hall–Kier alpha value is -4.09. The Labute approximate surface area is 236 Å². The van der Waals surface area contributed by atoms with Gasteiger partial charge in [-0.2, -0.15) is 0 Å². The first kappa shape index (κ1) is 28.4. The van der Waals surface area contributed by atoms with Gasteiger partial charge in [0.25, 0.3) is 5.91 Å². The average molecular weight is 582 g/mol. The molecule has 0 aliphatic carbocycles. The molecule has 0 bridgehead atoms. The molecule has 0 spiro atoms. The van der Waals surface area contributed by atoms with Gasteiger partial charge in [-0.15, -0.1) is 0 Å². The fourth-order valence-corrected chi connectivity index (χ4v) is 5.75. The molecule has 1 fully saturated rings. The lowest BCUT2D eigenvalue weighted by atomic mass is 9.88. The zero-order valence-corrected chi connectivity index (χ0v) is 23.5. The number of nitrogens with zero attached hydrogens (tertiary/aromatic N) is 1. The second-order valence-electron chi connectivity index (χ2n) is 10.1. The number of benzene rings is 3. The number of ketones is 1. The van der Waals surface area contributed by atoms with E-state index in [4.69, 9.17) is 4.42 Å². The van der Waals surface area contributed by atoms with Crippen LogP contribution in [-0.2, 0) is 10.0 Å². The largest absolute Gasteiger partial charge is 0.455 e. The molecule has 11 heteroatoms. The summed E-state index contributed by atoms with van der Waals surface area (Å²) in [6.45, 7) is 0. The van der Waals surface area contributed by atoms with E-state index in [1.54, 1.807) is 12.1 Å². The number of halogens is 2. The van der Waals surface area contributed by atoms with E-state index in [1.165, 1.54) is 62.6 Å². The first-order valence-corrected chi connectivity index (χ1v) is 14.9. The van der Waals surface area contributed by atoms with E-state index >= 15 is 0 Å². The maximum absolute atomic E-state index is 13.6. The maximum atomic E-state index is 13.6. The van der Waals surface area contributed by atoms with Gasteiger partial charge in [-0.05, 0) is 79.4 Å². The number of Topliss-reactive ketones (excluding diaryl/α,β-unsaturated/α-hetero) is 1. The third-order valence-corrected chi connectivity index (χ3v) is 8.63. The first-order chi connectivity index (χ1) is 19.5. The van der Waals surface area contributed by atoms with Crippen molar-refractivity contribution in [2.45, 2.75) is 31.3 Å². The molecular formula is C30H29F2N3O5S. The summed E-state index contributed by atoms with van der Waals surface area (Å²) >= 11 is 0. The number of hydrogen-bond donors (Lipinski definition) is 2. The summed E-state index contributed by atoms with van der Waals surface area (Å²) in [5.74, 6) is -1.30. The van der Waals surface area contributed by atoms with Crippen LogP contribution >= 0.6 is 0 Å². The number of rotatable bonds is 7. The van der Waals surface area contributed by atoms with Crippen molar-refractivity contribution in [3.63, 3.8) is 0 Å². The Kier molecular flexibility index (Phi) is 7.67. The van der Waals surface area contributed by atoms with Gasteiger partial charge >= 0.3 is 0 Å². The number of amides is 1. The summed E-state index contributed by atoms with van der Waals surface area (Å²) < 4.78 is 59.6. The van der Waals surface area contributed by atoms with E-state index < -0.39 is 39.6 Å². The monoisotopic (exact) mass is 581 g/mol. The number of furan rings is 1. The fraction of sp³-hybridized carbons (Fsp3) is 0.267. The predicted octanol–water partition coefficient (Wildman–Crippen LogP) is 5.20. The Bertz CT molecular complexity index is 1730. The molecule has 1 aliphatic rings. The molecule has 1 unspecified atom stereocenters. The minimum absolute atomic E-state index is 0.193. The van der Waals surface area contributed by atoms with Crippen LogP contribution < -0.4 is 14.9 Å². The first-order valence-electron chi connectivity index (χ1n) is 13.1. The number of sulfonamides is 1. The molecule has 2 heterocycles. The van der Waals surface area contributed by atoms with Crippen molar-refractivity contribution in [1.82, 2.24) is 10.6 Å². The standard InChI is InChI=1S/C30H29F2N3O5S/c1-33-30(37)27-22-15-21(23-5-4-6-24(34-23)28(36)17-7-11-19(31)12-8-17)25(35(2)41(3,38)39)16-26(22)40-29(27)18-9-13-20(32)14-10-18/h7-16,23-24,34H,4-6H2,1-3H3,(H,33,37)/t23-,24?/m1/s1. The van der Waals surface area contributed by atoms with Gasteiger partial charge < -0.3 is 15.1 Å². The van der Waals surface area contributed by atoms with Crippen LogP contribution in [0.25, 0.3) is 22.3 Å². The van der Waals surface area contributed by atoms with Crippen molar-refractivity contribution in [3.8, 4) is 11.3 Å². The highest BCUT2D eigenvalue weighted by Gasteiger charge is 2.32. The second-order valence-corrected chi connectivity index (χ2v) is 12.1. The summed E-state index contributed by atoms with van der Waals surface area (Å²) in [7, 11) is -0.796. The third-order valence-electron chi connectivity index (χ3n) is 7.44. The number of nitrogens with one attached hydrogen (secondary N) is 2. The Morgan fingerprint density at radius 1 is 1.00 bits per heavy atom. The van der Waals surface area contributed by atoms with Crippen molar-refractivity contribution in [2.75, 3.05) is 24.7 Å². The molecule has 4 aromatic rings. The average Bonchev–Trinajstić information content (AvgIpc) is 3.34. The molecular weight excluding hydrogens is 552 g/mol. The lowest BCUT2D eigenvalue weighted by Gasteiger charge is -2.33. The minimum atomic E-state index is -3.70. The van der Waals surface area contributed by atoms with Crippen LogP contribution in [0.2, 0.25) is 0 Å². The molecule has 8 nitrogen and oxygen atoms in total. The van der Waals surface area contributed by atoms with E-state index in [2.05, 4.69) is 10.6 Å². The summed E-state index contributed by atoms with van der Waals surface area (Å²) in [5, 5.41) is 6.43. The molecule has 2 atom stereocenters. The van der Waals surface area contributed by atoms with Gasteiger partial charge in [0.2, 0.25) is 10.0 Å². The third kappa shape index (κ3) is 5.59. The van der Waals surface area contributed by atoms with Crippen LogP contribution in [0.15, 0.2) is 65.1 Å². The molecule has 0 radical (unpaired) electrons.